The summed E-state index contributed by atoms with van der Waals surface area (Å²) in [5, 5.41) is 3.76. The molecule has 4 aromatic carbocycles. The van der Waals surface area contributed by atoms with Gasteiger partial charge in [0.25, 0.3) is 0 Å². The second kappa shape index (κ2) is 8.69. The highest BCUT2D eigenvalue weighted by molar-refractivity contribution is 7.87. The number of rotatable bonds is 5. The predicted octanol–water partition coefficient (Wildman–Crippen LogP) is 5.84. The van der Waals surface area contributed by atoms with E-state index in [0.29, 0.717) is 0 Å². The summed E-state index contributed by atoms with van der Waals surface area (Å²) in [6.45, 7) is 0. The van der Waals surface area contributed by atoms with E-state index in [2.05, 4.69) is 109 Å². The molecular formula is C26H22NP. The van der Waals surface area contributed by atoms with E-state index in [1.54, 1.807) is 0 Å². The Morgan fingerprint density at radius 2 is 0.821 bits per heavy atom. The molecule has 0 bridgehead atoms. The van der Waals surface area contributed by atoms with Crippen LogP contribution in [0.15, 0.2) is 132 Å². The van der Waals surface area contributed by atoms with Gasteiger partial charge in [0, 0.05) is 22.1 Å². The lowest BCUT2D eigenvalue weighted by atomic mass is 10.2. The first-order valence-corrected chi connectivity index (χ1v) is 11.1. The Labute approximate surface area is 167 Å². The molecule has 28 heavy (non-hydrogen) atoms. The van der Waals surface area contributed by atoms with Crippen LogP contribution in [-0.2, 0) is 0 Å². The van der Waals surface area contributed by atoms with Crippen LogP contribution in [0.3, 0.4) is 0 Å². The van der Waals surface area contributed by atoms with Crippen molar-refractivity contribution >= 4 is 29.0 Å². The predicted molar refractivity (Wildman–Crippen MR) is 123 cm³/mol. The summed E-state index contributed by atoms with van der Waals surface area (Å²) in [5.74, 6) is 0. The van der Waals surface area contributed by atoms with Crippen molar-refractivity contribution in [1.82, 2.24) is 0 Å². The molecule has 0 aromatic heterocycles. The van der Waals surface area contributed by atoms with E-state index >= 15 is 0 Å². The average molecular weight is 379 g/mol. The van der Waals surface area contributed by atoms with Gasteiger partial charge in [0.2, 0.25) is 0 Å². The third kappa shape index (κ3) is 3.76. The first-order chi connectivity index (χ1) is 13.9. The zero-order valence-electron chi connectivity index (χ0n) is 15.6. The van der Waals surface area contributed by atoms with Crippen LogP contribution in [0.25, 0.3) is 6.08 Å². The van der Waals surface area contributed by atoms with Gasteiger partial charge in [0.05, 0.1) is 7.05 Å². The lowest BCUT2D eigenvalue weighted by Gasteiger charge is -2.26. The fourth-order valence-electron chi connectivity index (χ4n) is 3.36. The molecule has 0 fully saturated rings. The van der Waals surface area contributed by atoms with Crippen molar-refractivity contribution in [2.75, 3.05) is 0 Å². The average Bonchev–Trinajstić information content (AvgIpc) is 2.79. The normalized spacial score (nSPS) is 11.4. The van der Waals surface area contributed by atoms with Gasteiger partial charge in [-0.3, -0.25) is 4.74 Å². The van der Waals surface area contributed by atoms with Crippen molar-refractivity contribution in [1.29, 1.82) is 0 Å². The van der Waals surface area contributed by atoms with Crippen LogP contribution in [-0.4, -0.2) is 0 Å². The Balaban J connectivity index is 1.99. The summed E-state index contributed by atoms with van der Waals surface area (Å²) >= 11 is 0. The molecule has 0 heterocycles. The highest BCUT2D eigenvalue weighted by Gasteiger charge is 2.26. The molecule has 0 amide bonds. The van der Waals surface area contributed by atoms with Crippen LogP contribution in [0.1, 0.15) is 5.56 Å². The molecule has 0 N–H and O–H groups in total. The zero-order chi connectivity index (χ0) is 19.1. The SMILES string of the molecule is C(=C/c1ccccc1)/N=P(c1ccccc1)(c1ccccc1)c1ccccc1. The fourth-order valence-corrected chi connectivity index (χ4v) is 6.73. The molecule has 4 aromatic rings. The minimum absolute atomic E-state index is 1.15. The summed E-state index contributed by atoms with van der Waals surface area (Å²) in [6.07, 6.45) is 4.07. The van der Waals surface area contributed by atoms with E-state index in [1.165, 1.54) is 15.9 Å². The second-order valence-electron chi connectivity index (χ2n) is 6.48. The quantitative estimate of drug-likeness (QED) is 0.387. The summed E-state index contributed by atoms with van der Waals surface area (Å²) in [6, 6.07) is 42.3. The lowest BCUT2D eigenvalue weighted by molar-refractivity contribution is 1.60. The highest BCUT2D eigenvalue weighted by Crippen LogP contribution is 2.46. The zero-order valence-corrected chi connectivity index (χ0v) is 16.5. The van der Waals surface area contributed by atoms with Gasteiger partial charge in [0.15, 0.2) is 0 Å². The van der Waals surface area contributed by atoms with Crippen LogP contribution in [0.5, 0.6) is 0 Å². The van der Waals surface area contributed by atoms with Gasteiger partial charge in [-0.15, -0.1) is 0 Å². The molecule has 4 rings (SSSR count). The van der Waals surface area contributed by atoms with Gasteiger partial charge in [-0.1, -0.05) is 121 Å². The molecule has 0 spiro atoms. The molecule has 1 nitrogen and oxygen atoms in total. The van der Waals surface area contributed by atoms with Crippen molar-refractivity contribution in [2.45, 2.75) is 0 Å². The van der Waals surface area contributed by atoms with Gasteiger partial charge in [-0.2, -0.15) is 0 Å². The van der Waals surface area contributed by atoms with E-state index in [4.69, 9.17) is 4.74 Å². The molecule has 136 valence electrons. The minimum Gasteiger partial charge on any atom is -0.262 e. The van der Waals surface area contributed by atoms with Crippen molar-refractivity contribution in [3.05, 3.63) is 133 Å². The Hall–Kier alpha value is -3.15. The highest BCUT2D eigenvalue weighted by atomic mass is 31.2. The maximum atomic E-state index is 5.29. The maximum absolute atomic E-state index is 5.29. The van der Waals surface area contributed by atoms with E-state index in [9.17, 15) is 0 Å². The van der Waals surface area contributed by atoms with Crippen LogP contribution in [0, 0.1) is 0 Å². The molecule has 0 saturated carbocycles. The van der Waals surface area contributed by atoms with Crippen LogP contribution < -0.4 is 15.9 Å². The number of hydrogen-bond acceptors (Lipinski definition) is 1. The topological polar surface area (TPSA) is 12.4 Å². The van der Waals surface area contributed by atoms with Crippen LogP contribution in [0.2, 0.25) is 0 Å². The molecule has 0 atom stereocenters. The smallest absolute Gasteiger partial charge is 0.0604 e. The van der Waals surface area contributed by atoms with E-state index in [-0.39, 0.29) is 0 Å². The molecule has 2 heteroatoms. The molecule has 0 aliphatic rings. The Kier molecular flexibility index (Phi) is 5.66. The molecule has 0 aliphatic heterocycles. The first kappa shape index (κ1) is 18.2. The van der Waals surface area contributed by atoms with E-state index < -0.39 is 7.05 Å². The van der Waals surface area contributed by atoms with Crippen molar-refractivity contribution < 1.29 is 0 Å². The summed E-state index contributed by atoms with van der Waals surface area (Å²) in [5.41, 5.74) is 1.15. The molecule has 0 saturated heterocycles. The number of hydrogen-bond donors (Lipinski definition) is 0. The Bertz CT molecular complexity index is 983. The third-order valence-corrected chi connectivity index (χ3v) is 8.31. The number of benzene rings is 4. The van der Waals surface area contributed by atoms with Gasteiger partial charge < -0.3 is 0 Å². The lowest BCUT2D eigenvalue weighted by Crippen LogP contribution is -2.25. The van der Waals surface area contributed by atoms with Crippen molar-refractivity contribution in [3.8, 4) is 0 Å². The van der Waals surface area contributed by atoms with Gasteiger partial charge in [0.1, 0.15) is 0 Å². The molecule has 0 radical (unpaired) electrons. The summed E-state index contributed by atoms with van der Waals surface area (Å²) < 4.78 is 5.29. The van der Waals surface area contributed by atoms with Gasteiger partial charge in [-0.05, 0) is 11.6 Å². The van der Waals surface area contributed by atoms with Crippen LogP contribution in [0.4, 0.5) is 0 Å². The van der Waals surface area contributed by atoms with Gasteiger partial charge in [-0.25, -0.2) is 0 Å². The first-order valence-electron chi connectivity index (χ1n) is 9.39. The third-order valence-electron chi connectivity index (χ3n) is 4.70. The summed E-state index contributed by atoms with van der Waals surface area (Å²) in [4.78, 5) is 0. The monoisotopic (exact) mass is 379 g/mol. The fraction of sp³-hybridized carbons (Fsp3) is 0. The molecule has 0 unspecified atom stereocenters. The largest absolute Gasteiger partial charge is 0.262 e. The van der Waals surface area contributed by atoms with Crippen LogP contribution >= 0.6 is 7.05 Å². The minimum atomic E-state index is -2.15. The number of nitrogens with zero attached hydrogens (tertiary/aromatic N) is 1. The Morgan fingerprint density at radius 3 is 1.21 bits per heavy atom. The van der Waals surface area contributed by atoms with Crippen molar-refractivity contribution in [2.24, 2.45) is 4.74 Å². The summed E-state index contributed by atoms with van der Waals surface area (Å²) in [7, 11) is -2.15. The molecular weight excluding hydrogens is 357 g/mol. The second-order valence-corrected chi connectivity index (χ2v) is 9.53. The Morgan fingerprint density at radius 1 is 0.464 bits per heavy atom. The standard InChI is InChI=1S/C26H22NP/c1-5-13-23(14-6-1)21-22-27-28(24-15-7-2-8-16-24,25-17-9-3-10-18-25)26-19-11-4-12-20-26/h1-22H/b22-21-. The molecule has 0 aliphatic carbocycles. The van der Waals surface area contributed by atoms with E-state index in [1.807, 2.05) is 24.4 Å². The van der Waals surface area contributed by atoms with Gasteiger partial charge >= 0.3 is 0 Å². The van der Waals surface area contributed by atoms with Crippen molar-refractivity contribution in [3.63, 3.8) is 0 Å². The van der Waals surface area contributed by atoms with E-state index in [0.717, 1.165) is 5.56 Å². The maximum Gasteiger partial charge on any atom is 0.0604 e.